The highest BCUT2D eigenvalue weighted by molar-refractivity contribution is 6.18. The van der Waals surface area contributed by atoms with Crippen LogP contribution in [-0.2, 0) is 7.05 Å². The number of likely N-dealkylation sites (tertiary alicyclic amines) is 1. The van der Waals surface area contributed by atoms with Gasteiger partial charge in [-0.15, -0.1) is 11.6 Å². The first-order chi connectivity index (χ1) is 7.20. The summed E-state index contributed by atoms with van der Waals surface area (Å²) in [6.07, 6.45) is 4.36. The Kier molecular flexibility index (Phi) is 2.95. The first kappa shape index (κ1) is 10.5. The molecule has 1 fully saturated rings. The minimum atomic E-state index is 0.0655. The highest BCUT2D eigenvalue weighted by Gasteiger charge is 2.26. The van der Waals surface area contributed by atoms with Crippen molar-refractivity contribution >= 4 is 17.5 Å². The summed E-state index contributed by atoms with van der Waals surface area (Å²) >= 11 is 5.77. The zero-order chi connectivity index (χ0) is 10.8. The van der Waals surface area contributed by atoms with Gasteiger partial charge in [-0.05, 0) is 12.3 Å². The lowest BCUT2D eigenvalue weighted by Crippen LogP contribution is -2.28. The fourth-order valence-electron chi connectivity index (χ4n) is 1.86. The number of aromatic nitrogens is 2. The van der Waals surface area contributed by atoms with Crippen LogP contribution in [-0.4, -0.2) is 39.6 Å². The maximum Gasteiger partial charge on any atom is 0.257 e. The summed E-state index contributed by atoms with van der Waals surface area (Å²) < 4.78 is 1.64. The van der Waals surface area contributed by atoms with Crippen LogP contribution < -0.4 is 0 Å². The molecule has 2 heterocycles. The summed E-state index contributed by atoms with van der Waals surface area (Å²) in [4.78, 5) is 13.8. The van der Waals surface area contributed by atoms with Crippen LogP contribution in [0, 0.1) is 5.92 Å². The van der Waals surface area contributed by atoms with Crippen molar-refractivity contribution < 1.29 is 4.79 Å². The smallest absolute Gasteiger partial charge is 0.257 e. The van der Waals surface area contributed by atoms with E-state index in [0.29, 0.717) is 17.4 Å². The number of hydrogen-bond acceptors (Lipinski definition) is 2. The Balaban J connectivity index is 2.03. The van der Waals surface area contributed by atoms with Crippen molar-refractivity contribution in [2.75, 3.05) is 19.0 Å². The number of amides is 1. The van der Waals surface area contributed by atoms with E-state index in [1.807, 2.05) is 11.9 Å². The van der Waals surface area contributed by atoms with Crippen molar-refractivity contribution in [3.63, 3.8) is 0 Å². The summed E-state index contributed by atoms with van der Waals surface area (Å²) in [5.41, 5.74) is 0.660. The van der Waals surface area contributed by atoms with Gasteiger partial charge in [0.05, 0.1) is 11.8 Å². The van der Waals surface area contributed by atoms with Crippen LogP contribution >= 0.6 is 11.6 Å². The maximum absolute atomic E-state index is 12.0. The lowest BCUT2D eigenvalue weighted by Gasteiger charge is -2.14. The van der Waals surface area contributed by atoms with E-state index in [1.54, 1.807) is 17.1 Å². The summed E-state index contributed by atoms with van der Waals surface area (Å²) in [5.74, 6) is 1.15. The monoisotopic (exact) mass is 227 g/mol. The molecule has 1 aliphatic rings. The Morgan fingerprint density at radius 3 is 3.07 bits per heavy atom. The molecule has 0 bridgehead atoms. The predicted molar refractivity (Wildman–Crippen MR) is 57.9 cm³/mol. The molecular weight excluding hydrogens is 214 g/mol. The lowest BCUT2D eigenvalue weighted by atomic mass is 10.2. The van der Waals surface area contributed by atoms with E-state index in [9.17, 15) is 4.79 Å². The van der Waals surface area contributed by atoms with Gasteiger partial charge in [0.25, 0.3) is 5.91 Å². The van der Waals surface area contributed by atoms with Crippen molar-refractivity contribution in [3.05, 3.63) is 18.0 Å². The largest absolute Gasteiger partial charge is 0.338 e. The molecule has 0 aliphatic carbocycles. The SMILES string of the molecule is Cn1cc(C(=O)N2CCC(CCl)C2)cn1. The van der Waals surface area contributed by atoms with Crippen molar-refractivity contribution in [1.29, 1.82) is 0 Å². The third-order valence-corrected chi connectivity index (χ3v) is 3.18. The highest BCUT2D eigenvalue weighted by Crippen LogP contribution is 2.19. The summed E-state index contributed by atoms with van der Waals surface area (Å²) in [6, 6.07) is 0. The molecule has 4 nitrogen and oxygen atoms in total. The molecule has 1 unspecified atom stereocenters. The third-order valence-electron chi connectivity index (χ3n) is 2.74. The van der Waals surface area contributed by atoms with Crippen LogP contribution in [0.3, 0.4) is 0 Å². The lowest BCUT2D eigenvalue weighted by molar-refractivity contribution is 0.0788. The van der Waals surface area contributed by atoms with Crippen LogP contribution in [0.4, 0.5) is 0 Å². The number of carbonyl (C=O) groups is 1. The van der Waals surface area contributed by atoms with E-state index >= 15 is 0 Å². The topological polar surface area (TPSA) is 38.1 Å². The molecule has 0 radical (unpaired) electrons. The zero-order valence-electron chi connectivity index (χ0n) is 8.69. The van der Waals surface area contributed by atoms with Gasteiger partial charge < -0.3 is 4.90 Å². The second kappa shape index (κ2) is 4.23. The van der Waals surface area contributed by atoms with Crippen LogP contribution in [0.1, 0.15) is 16.8 Å². The molecule has 2 rings (SSSR count). The molecule has 1 aromatic rings. The summed E-state index contributed by atoms with van der Waals surface area (Å²) in [5, 5.41) is 3.99. The van der Waals surface area contributed by atoms with Gasteiger partial charge >= 0.3 is 0 Å². The predicted octanol–water partition coefficient (Wildman–Crippen LogP) is 1.12. The van der Waals surface area contributed by atoms with Crippen molar-refractivity contribution in [2.24, 2.45) is 13.0 Å². The third kappa shape index (κ3) is 2.15. The Bertz CT molecular complexity index is 363. The van der Waals surface area contributed by atoms with E-state index in [1.165, 1.54) is 0 Å². The van der Waals surface area contributed by atoms with E-state index in [4.69, 9.17) is 11.6 Å². The van der Waals surface area contributed by atoms with Gasteiger partial charge in [0.2, 0.25) is 0 Å². The van der Waals surface area contributed by atoms with E-state index in [0.717, 1.165) is 19.5 Å². The minimum Gasteiger partial charge on any atom is -0.338 e. The summed E-state index contributed by atoms with van der Waals surface area (Å²) in [7, 11) is 1.81. The average molecular weight is 228 g/mol. The zero-order valence-corrected chi connectivity index (χ0v) is 9.44. The van der Waals surface area contributed by atoms with Crippen molar-refractivity contribution in [2.45, 2.75) is 6.42 Å². The molecular formula is C10H14ClN3O. The number of nitrogens with zero attached hydrogens (tertiary/aromatic N) is 3. The van der Waals surface area contributed by atoms with Crippen LogP contribution in [0.2, 0.25) is 0 Å². The van der Waals surface area contributed by atoms with Gasteiger partial charge in [0.15, 0.2) is 0 Å². The Morgan fingerprint density at radius 1 is 1.73 bits per heavy atom. The Labute approximate surface area is 93.8 Å². The van der Waals surface area contributed by atoms with Crippen molar-refractivity contribution in [1.82, 2.24) is 14.7 Å². The van der Waals surface area contributed by atoms with Gasteiger partial charge in [0, 0.05) is 32.2 Å². The van der Waals surface area contributed by atoms with Gasteiger partial charge in [-0.2, -0.15) is 5.10 Å². The molecule has 0 aromatic carbocycles. The molecule has 5 heteroatoms. The van der Waals surface area contributed by atoms with Gasteiger partial charge in [0.1, 0.15) is 0 Å². The first-order valence-corrected chi connectivity index (χ1v) is 5.58. The number of halogens is 1. The van der Waals surface area contributed by atoms with Crippen LogP contribution in [0.25, 0.3) is 0 Å². The quantitative estimate of drug-likeness (QED) is 0.711. The van der Waals surface area contributed by atoms with E-state index in [-0.39, 0.29) is 5.91 Å². The van der Waals surface area contributed by atoms with Gasteiger partial charge in [-0.3, -0.25) is 9.48 Å². The molecule has 1 amide bonds. The second-order valence-electron chi connectivity index (χ2n) is 3.96. The molecule has 0 saturated carbocycles. The fourth-order valence-corrected chi connectivity index (χ4v) is 2.11. The normalized spacial score (nSPS) is 20.9. The van der Waals surface area contributed by atoms with Crippen molar-refractivity contribution in [3.8, 4) is 0 Å². The second-order valence-corrected chi connectivity index (χ2v) is 4.27. The number of hydrogen-bond donors (Lipinski definition) is 0. The molecule has 1 saturated heterocycles. The van der Waals surface area contributed by atoms with Crippen LogP contribution in [0.15, 0.2) is 12.4 Å². The number of aryl methyl sites for hydroxylation is 1. The molecule has 1 aromatic heterocycles. The van der Waals surface area contributed by atoms with Gasteiger partial charge in [-0.25, -0.2) is 0 Å². The minimum absolute atomic E-state index is 0.0655. The highest BCUT2D eigenvalue weighted by atomic mass is 35.5. The molecule has 1 aliphatic heterocycles. The number of alkyl halides is 1. The Morgan fingerprint density at radius 2 is 2.53 bits per heavy atom. The number of rotatable bonds is 2. The molecule has 15 heavy (non-hydrogen) atoms. The molecule has 0 N–H and O–H groups in total. The number of carbonyl (C=O) groups excluding carboxylic acids is 1. The maximum atomic E-state index is 12.0. The van der Waals surface area contributed by atoms with E-state index in [2.05, 4.69) is 5.10 Å². The summed E-state index contributed by atoms with van der Waals surface area (Å²) in [6.45, 7) is 1.59. The first-order valence-electron chi connectivity index (χ1n) is 5.04. The fraction of sp³-hybridized carbons (Fsp3) is 0.600. The van der Waals surface area contributed by atoms with Gasteiger partial charge in [-0.1, -0.05) is 0 Å². The molecule has 82 valence electrons. The molecule has 0 spiro atoms. The standard InChI is InChI=1S/C10H14ClN3O/c1-13-7-9(5-12-13)10(15)14-3-2-8(4-11)6-14/h5,7-8H,2-4,6H2,1H3. The molecule has 1 atom stereocenters. The van der Waals surface area contributed by atoms with E-state index < -0.39 is 0 Å². The average Bonchev–Trinajstić information content (AvgIpc) is 2.84. The van der Waals surface area contributed by atoms with Crippen LogP contribution in [0.5, 0.6) is 0 Å². The Hall–Kier alpha value is -1.03.